The number of hydrogen-bond donors (Lipinski definition) is 1. The van der Waals surface area contributed by atoms with Crippen LogP contribution in [0.4, 0.5) is 0 Å². The van der Waals surface area contributed by atoms with Crippen LogP contribution in [0.15, 0.2) is 34.2 Å². The van der Waals surface area contributed by atoms with Crippen LogP contribution in [-0.2, 0) is 29.4 Å². The van der Waals surface area contributed by atoms with Crippen molar-refractivity contribution < 1.29 is 13.2 Å². The molecule has 3 heterocycles. The number of ether oxygens (including phenoxy) is 1. The summed E-state index contributed by atoms with van der Waals surface area (Å²) in [6.07, 6.45) is 2.38. The zero-order valence-corrected chi connectivity index (χ0v) is 13.1. The maximum atomic E-state index is 13.0. The third-order valence-electron chi connectivity index (χ3n) is 4.27. The van der Waals surface area contributed by atoms with Crippen molar-refractivity contribution in [2.24, 2.45) is 0 Å². The molecule has 0 saturated carbocycles. The SMILES string of the molecule is O=c1[nH]cnc2c1CCN(S(=O)(=O)c1cccc3c1OCC3)C2. The van der Waals surface area contributed by atoms with Crippen molar-refractivity contribution in [2.45, 2.75) is 24.3 Å². The van der Waals surface area contributed by atoms with E-state index in [2.05, 4.69) is 9.97 Å². The second kappa shape index (κ2) is 5.17. The highest BCUT2D eigenvalue weighted by atomic mass is 32.2. The van der Waals surface area contributed by atoms with Gasteiger partial charge in [-0.15, -0.1) is 0 Å². The number of sulfonamides is 1. The standard InChI is InChI=1S/C15H15N3O4S/c19-15-11-4-6-18(8-12(11)16-9-17-15)23(20,21)13-3-1-2-10-5-7-22-14(10)13/h1-3,9H,4-8H2,(H,16,17,19). The molecule has 1 N–H and O–H groups in total. The second-order valence-electron chi connectivity index (χ2n) is 5.59. The van der Waals surface area contributed by atoms with Crippen LogP contribution in [0, 0.1) is 0 Å². The summed E-state index contributed by atoms with van der Waals surface area (Å²) in [6, 6.07) is 5.19. The summed E-state index contributed by atoms with van der Waals surface area (Å²) in [4.78, 5) is 18.6. The predicted octanol–water partition coefficient (Wildman–Crippen LogP) is 0.452. The molecule has 2 aliphatic heterocycles. The largest absolute Gasteiger partial charge is 0.492 e. The first-order valence-corrected chi connectivity index (χ1v) is 8.81. The number of aromatic nitrogens is 2. The van der Waals surface area contributed by atoms with E-state index in [0.29, 0.717) is 30.0 Å². The molecule has 0 atom stereocenters. The highest BCUT2D eigenvalue weighted by Crippen LogP contribution is 2.35. The number of nitrogens with zero attached hydrogens (tertiary/aromatic N) is 2. The molecular weight excluding hydrogens is 318 g/mol. The summed E-state index contributed by atoms with van der Waals surface area (Å²) >= 11 is 0. The summed E-state index contributed by atoms with van der Waals surface area (Å²) in [5, 5.41) is 0. The molecule has 0 fully saturated rings. The Morgan fingerprint density at radius 1 is 1.26 bits per heavy atom. The van der Waals surface area contributed by atoms with Gasteiger partial charge in [0.1, 0.15) is 10.6 Å². The molecule has 0 amide bonds. The van der Waals surface area contributed by atoms with Crippen LogP contribution in [0.2, 0.25) is 0 Å². The van der Waals surface area contributed by atoms with E-state index in [1.807, 2.05) is 6.07 Å². The molecule has 0 radical (unpaired) electrons. The second-order valence-corrected chi connectivity index (χ2v) is 7.49. The van der Waals surface area contributed by atoms with Gasteiger partial charge in [0.15, 0.2) is 0 Å². The van der Waals surface area contributed by atoms with Gasteiger partial charge < -0.3 is 9.72 Å². The fourth-order valence-electron chi connectivity index (χ4n) is 3.07. The normalized spacial score (nSPS) is 17.4. The number of fused-ring (bicyclic) bond motifs is 2. The fraction of sp³-hybridized carbons (Fsp3) is 0.333. The molecule has 2 aromatic rings. The number of hydrogen-bond acceptors (Lipinski definition) is 5. The quantitative estimate of drug-likeness (QED) is 0.861. The molecule has 8 heteroatoms. The van der Waals surface area contributed by atoms with Crippen LogP contribution >= 0.6 is 0 Å². The van der Waals surface area contributed by atoms with Crippen LogP contribution in [0.5, 0.6) is 5.75 Å². The van der Waals surface area contributed by atoms with Gasteiger partial charge in [-0.2, -0.15) is 4.31 Å². The molecular formula is C15H15N3O4S. The van der Waals surface area contributed by atoms with Crippen molar-refractivity contribution in [3.05, 3.63) is 51.7 Å². The Bertz CT molecular complexity index is 936. The molecule has 120 valence electrons. The Hall–Kier alpha value is -2.19. The van der Waals surface area contributed by atoms with E-state index in [0.717, 1.165) is 12.0 Å². The number of nitrogens with one attached hydrogen (secondary N) is 1. The van der Waals surface area contributed by atoms with Crippen LogP contribution < -0.4 is 10.3 Å². The topological polar surface area (TPSA) is 92.4 Å². The predicted molar refractivity (Wildman–Crippen MR) is 81.8 cm³/mol. The lowest BCUT2D eigenvalue weighted by Crippen LogP contribution is -2.39. The maximum Gasteiger partial charge on any atom is 0.254 e. The van der Waals surface area contributed by atoms with E-state index in [9.17, 15) is 13.2 Å². The monoisotopic (exact) mass is 333 g/mol. The van der Waals surface area contributed by atoms with E-state index in [1.54, 1.807) is 12.1 Å². The lowest BCUT2D eigenvalue weighted by Gasteiger charge is -2.27. The Balaban J connectivity index is 1.74. The van der Waals surface area contributed by atoms with Crippen LogP contribution in [0.1, 0.15) is 16.8 Å². The lowest BCUT2D eigenvalue weighted by atomic mass is 10.1. The molecule has 0 unspecified atom stereocenters. The summed E-state index contributed by atoms with van der Waals surface area (Å²) < 4.78 is 32.8. The number of para-hydroxylation sites is 1. The first kappa shape index (κ1) is 14.4. The van der Waals surface area contributed by atoms with Gasteiger partial charge in [0.2, 0.25) is 10.0 Å². The minimum Gasteiger partial charge on any atom is -0.492 e. The number of benzene rings is 1. The summed E-state index contributed by atoms with van der Waals surface area (Å²) in [6.45, 7) is 0.862. The Morgan fingerprint density at radius 2 is 2.13 bits per heavy atom. The molecule has 7 nitrogen and oxygen atoms in total. The van der Waals surface area contributed by atoms with E-state index >= 15 is 0 Å². The summed E-state index contributed by atoms with van der Waals surface area (Å²) in [5.41, 5.74) is 1.79. The van der Waals surface area contributed by atoms with Crippen molar-refractivity contribution in [1.29, 1.82) is 0 Å². The Kier molecular flexibility index (Phi) is 3.24. The zero-order chi connectivity index (χ0) is 16.0. The van der Waals surface area contributed by atoms with Crippen molar-refractivity contribution in [3.63, 3.8) is 0 Å². The van der Waals surface area contributed by atoms with Crippen LogP contribution in [-0.4, -0.2) is 35.8 Å². The lowest BCUT2D eigenvalue weighted by molar-refractivity contribution is 0.343. The molecule has 0 bridgehead atoms. The van der Waals surface area contributed by atoms with Gasteiger partial charge in [-0.1, -0.05) is 12.1 Å². The van der Waals surface area contributed by atoms with Gasteiger partial charge >= 0.3 is 0 Å². The Labute approximate surface area is 133 Å². The Morgan fingerprint density at radius 3 is 3.00 bits per heavy atom. The smallest absolute Gasteiger partial charge is 0.254 e. The molecule has 1 aromatic carbocycles. The third-order valence-corrected chi connectivity index (χ3v) is 6.14. The molecule has 4 rings (SSSR count). The van der Waals surface area contributed by atoms with Crippen LogP contribution in [0.3, 0.4) is 0 Å². The zero-order valence-electron chi connectivity index (χ0n) is 12.3. The van der Waals surface area contributed by atoms with Gasteiger partial charge in [0.05, 0.1) is 25.2 Å². The average molecular weight is 333 g/mol. The summed E-state index contributed by atoms with van der Waals surface area (Å²) in [5.74, 6) is 0.456. The van der Waals surface area contributed by atoms with E-state index < -0.39 is 10.0 Å². The fourth-order valence-corrected chi connectivity index (χ4v) is 4.65. The van der Waals surface area contributed by atoms with Crippen molar-refractivity contribution in [1.82, 2.24) is 14.3 Å². The number of rotatable bonds is 2. The van der Waals surface area contributed by atoms with Crippen molar-refractivity contribution >= 4 is 10.0 Å². The van der Waals surface area contributed by atoms with E-state index in [4.69, 9.17) is 4.74 Å². The molecule has 0 aliphatic carbocycles. The molecule has 2 aliphatic rings. The average Bonchev–Trinajstić information content (AvgIpc) is 3.03. The minimum atomic E-state index is -3.69. The molecule has 0 saturated heterocycles. The van der Waals surface area contributed by atoms with Gasteiger partial charge in [0, 0.05) is 18.5 Å². The van der Waals surface area contributed by atoms with E-state index in [-0.39, 0.29) is 23.5 Å². The molecule has 1 aromatic heterocycles. The van der Waals surface area contributed by atoms with E-state index in [1.165, 1.54) is 10.6 Å². The first-order valence-electron chi connectivity index (χ1n) is 7.37. The number of H-pyrrole nitrogens is 1. The number of aromatic amines is 1. The molecule has 0 spiro atoms. The van der Waals surface area contributed by atoms with Crippen molar-refractivity contribution in [3.8, 4) is 5.75 Å². The van der Waals surface area contributed by atoms with Gasteiger partial charge in [-0.25, -0.2) is 13.4 Å². The third kappa shape index (κ3) is 2.25. The van der Waals surface area contributed by atoms with Crippen molar-refractivity contribution in [2.75, 3.05) is 13.2 Å². The first-order chi connectivity index (χ1) is 11.1. The van der Waals surface area contributed by atoms with Crippen LogP contribution in [0.25, 0.3) is 0 Å². The highest BCUT2D eigenvalue weighted by Gasteiger charge is 2.33. The van der Waals surface area contributed by atoms with Gasteiger partial charge in [-0.3, -0.25) is 4.79 Å². The van der Waals surface area contributed by atoms with Gasteiger partial charge in [-0.05, 0) is 18.1 Å². The van der Waals surface area contributed by atoms with Gasteiger partial charge in [0.25, 0.3) is 5.56 Å². The summed E-state index contributed by atoms with van der Waals surface area (Å²) in [7, 11) is -3.69. The highest BCUT2D eigenvalue weighted by molar-refractivity contribution is 7.89. The molecule has 23 heavy (non-hydrogen) atoms. The maximum absolute atomic E-state index is 13.0. The minimum absolute atomic E-state index is 0.102.